The highest BCUT2D eigenvalue weighted by molar-refractivity contribution is 5.82. The van der Waals surface area contributed by atoms with Gasteiger partial charge in [0.25, 0.3) is 0 Å². The number of benzene rings is 2. The molecular weight excluding hydrogens is 328 g/mol. The molecular formula is C21H20N2O3. The van der Waals surface area contributed by atoms with Gasteiger partial charge in [0.1, 0.15) is 12.4 Å². The maximum absolute atomic E-state index is 12.4. The van der Waals surface area contributed by atoms with Crippen molar-refractivity contribution in [3.63, 3.8) is 0 Å². The van der Waals surface area contributed by atoms with Crippen molar-refractivity contribution in [3.8, 4) is 24.2 Å². The molecule has 2 aromatic rings. The average Bonchev–Trinajstić information content (AvgIpc) is 2.70. The first-order valence-electron chi connectivity index (χ1n) is 8.16. The molecule has 0 saturated carbocycles. The van der Waals surface area contributed by atoms with Crippen LogP contribution in [0.1, 0.15) is 29.7 Å². The van der Waals surface area contributed by atoms with E-state index in [2.05, 4.69) is 17.3 Å². The fourth-order valence-electron chi connectivity index (χ4n) is 2.48. The molecule has 5 nitrogen and oxygen atoms in total. The summed E-state index contributed by atoms with van der Waals surface area (Å²) in [5.41, 5.74) is 2.93. The second-order valence-electron chi connectivity index (χ2n) is 5.51. The van der Waals surface area contributed by atoms with Crippen molar-refractivity contribution in [2.45, 2.75) is 19.4 Å². The van der Waals surface area contributed by atoms with Gasteiger partial charge in [0, 0.05) is 11.3 Å². The molecule has 0 aliphatic heterocycles. The largest absolute Gasteiger partial charge is 0.481 e. The van der Waals surface area contributed by atoms with Gasteiger partial charge in [-0.25, -0.2) is 4.79 Å². The first-order valence-corrected chi connectivity index (χ1v) is 8.16. The highest BCUT2D eigenvalue weighted by Crippen LogP contribution is 2.30. The number of aryl methyl sites for hydroxylation is 1. The number of hydrogen-bond donors (Lipinski definition) is 1. The molecule has 26 heavy (non-hydrogen) atoms. The minimum atomic E-state index is -0.771. The van der Waals surface area contributed by atoms with E-state index < -0.39 is 12.0 Å². The van der Waals surface area contributed by atoms with Crippen molar-refractivity contribution in [1.29, 1.82) is 5.26 Å². The van der Waals surface area contributed by atoms with E-state index in [1.54, 1.807) is 24.3 Å². The number of nitrogens with one attached hydrogen (secondary N) is 1. The van der Waals surface area contributed by atoms with Crippen molar-refractivity contribution >= 4 is 11.7 Å². The number of ether oxygens (including phenoxy) is 2. The van der Waals surface area contributed by atoms with Crippen LogP contribution < -0.4 is 10.1 Å². The molecule has 5 heteroatoms. The monoisotopic (exact) mass is 348 g/mol. The molecule has 0 amide bonds. The summed E-state index contributed by atoms with van der Waals surface area (Å²) < 4.78 is 10.6. The van der Waals surface area contributed by atoms with Gasteiger partial charge in [-0.05, 0) is 48.4 Å². The van der Waals surface area contributed by atoms with E-state index in [-0.39, 0.29) is 6.61 Å². The molecule has 0 saturated heterocycles. The summed E-state index contributed by atoms with van der Waals surface area (Å²) in [6.07, 6.45) is 6.10. The Kier molecular flexibility index (Phi) is 6.65. The number of carbonyl (C=O) groups excluding carboxylic acids is 1. The molecule has 0 radical (unpaired) electrons. The lowest BCUT2D eigenvalue weighted by Crippen LogP contribution is -2.23. The van der Waals surface area contributed by atoms with Crippen molar-refractivity contribution in [1.82, 2.24) is 0 Å². The number of nitriles is 1. The maximum atomic E-state index is 12.4. The predicted octanol–water partition coefficient (Wildman–Crippen LogP) is 3.46. The summed E-state index contributed by atoms with van der Waals surface area (Å²) in [6, 6.07) is 13.8. The number of anilines is 1. The topological polar surface area (TPSA) is 71.3 Å². The van der Waals surface area contributed by atoms with Crippen LogP contribution in [0.5, 0.6) is 5.75 Å². The SMILES string of the molecule is C#CCOc1ccc(CC)cc1C(Nc1ccc(C#N)cc1)C(=O)OC. The Labute approximate surface area is 153 Å². The third-order valence-electron chi connectivity index (χ3n) is 3.87. The van der Waals surface area contributed by atoms with Crippen LogP contribution in [0.15, 0.2) is 42.5 Å². The van der Waals surface area contributed by atoms with E-state index in [4.69, 9.17) is 21.2 Å². The third kappa shape index (κ3) is 4.55. The van der Waals surface area contributed by atoms with Crippen LogP contribution in [0.4, 0.5) is 5.69 Å². The van der Waals surface area contributed by atoms with E-state index in [1.807, 2.05) is 25.1 Å². The van der Waals surface area contributed by atoms with Crippen molar-refractivity contribution in [2.24, 2.45) is 0 Å². The van der Waals surface area contributed by atoms with Gasteiger partial charge < -0.3 is 14.8 Å². The second kappa shape index (κ2) is 9.15. The molecule has 1 N–H and O–H groups in total. The lowest BCUT2D eigenvalue weighted by atomic mass is 10.0. The first-order chi connectivity index (χ1) is 12.6. The van der Waals surface area contributed by atoms with Gasteiger partial charge in [0.2, 0.25) is 0 Å². The molecule has 1 unspecified atom stereocenters. The number of esters is 1. The Morgan fingerprint density at radius 1 is 1.27 bits per heavy atom. The Morgan fingerprint density at radius 3 is 2.58 bits per heavy atom. The zero-order valence-corrected chi connectivity index (χ0v) is 14.8. The van der Waals surface area contributed by atoms with Gasteiger partial charge in [-0.1, -0.05) is 18.9 Å². The Hall–Kier alpha value is -3.44. The van der Waals surface area contributed by atoms with E-state index in [0.717, 1.165) is 12.0 Å². The van der Waals surface area contributed by atoms with Crippen molar-refractivity contribution < 1.29 is 14.3 Å². The van der Waals surface area contributed by atoms with Crippen LogP contribution in [0.2, 0.25) is 0 Å². The maximum Gasteiger partial charge on any atom is 0.333 e. The fourth-order valence-corrected chi connectivity index (χ4v) is 2.48. The van der Waals surface area contributed by atoms with Gasteiger partial charge in [-0.15, -0.1) is 6.42 Å². The number of hydrogen-bond acceptors (Lipinski definition) is 5. The predicted molar refractivity (Wildman–Crippen MR) is 99.7 cm³/mol. The lowest BCUT2D eigenvalue weighted by Gasteiger charge is -2.21. The smallest absolute Gasteiger partial charge is 0.333 e. The molecule has 0 aliphatic carbocycles. The zero-order chi connectivity index (χ0) is 18.9. The van der Waals surface area contributed by atoms with Crippen molar-refractivity contribution in [2.75, 3.05) is 19.0 Å². The van der Waals surface area contributed by atoms with Crippen molar-refractivity contribution in [3.05, 3.63) is 59.2 Å². The van der Waals surface area contributed by atoms with Gasteiger partial charge in [0.15, 0.2) is 6.04 Å². The van der Waals surface area contributed by atoms with Gasteiger partial charge >= 0.3 is 5.97 Å². The number of terminal acetylenes is 1. The molecule has 1 atom stereocenters. The van der Waals surface area contributed by atoms with Crippen LogP contribution in [-0.2, 0) is 16.0 Å². The van der Waals surface area contributed by atoms with E-state index >= 15 is 0 Å². The summed E-state index contributed by atoms with van der Waals surface area (Å²) in [7, 11) is 1.33. The summed E-state index contributed by atoms with van der Waals surface area (Å²) in [6.45, 7) is 2.13. The van der Waals surface area contributed by atoms with E-state index in [1.165, 1.54) is 7.11 Å². The minimum absolute atomic E-state index is 0.100. The second-order valence-corrected chi connectivity index (χ2v) is 5.51. The highest BCUT2D eigenvalue weighted by Gasteiger charge is 2.25. The lowest BCUT2D eigenvalue weighted by molar-refractivity contribution is -0.141. The normalized spacial score (nSPS) is 10.9. The Balaban J connectivity index is 2.43. The van der Waals surface area contributed by atoms with Gasteiger partial charge in [-0.2, -0.15) is 5.26 Å². The fraction of sp³-hybridized carbons (Fsp3) is 0.238. The minimum Gasteiger partial charge on any atom is -0.481 e. The number of nitrogens with zero attached hydrogens (tertiary/aromatic N) is 1. The quantitative estimate of drug-likeness (QED) is 0.613. The van der Waals surface area contributed by atoms with Crippen LogP contribution >= 0.6 is 0 Å². The summed E-state index contributed by atoms with van der Waals surface area (Å²) in [5.74, 6) is 2.50. The molecule has 0 heterocycles. The summed E-state index contributed by atoms with van der Waals surface area (Å²) in [5, 5.41) is 12.1. The average molecular weight is 348 g/mol. The molecule has 2 rings (SSSR count). The van der Waals surface area contributed by atoms with Crippen LogP contribution in [0, 0.1) is 23.7 Å². The Bertz CT molecular complexity index is 845. The van der Waals surface area contributed by atoms with E-state index in [0.29, 0.717) is 22.6 Å². The van der Waals surface area contributed by atoms with Crippen LogP contribution in [-0.4, -0.2) is 19.7 Å². The number of rotatable bonds is 7. The molecule has 0 spiro atoms. The Morgan fingerprint density at radius 2 is 2.00 bits per heavy atom. The summed E-state index contributed by atoms with van der Waals surface area (Å²) >= 11 is 0. The highest BCUT2D eigenvalue weighted by atomic mass is 16.5. The third-order valence-corrected chi connectivity index (χ3v) is 3.87. The van der Waals surface area contributed by atoms with Crippen LogP contribution in [0.25, 0.3) is 0 Å². The number of methoxy groups -OCH3 is 1. The number of carbonyl (C=O) groups is 1. The summed E-state index contributed by atoms with van der Waals surface area (Å²) in [4.78, 5) is 12.4. The molecule has 132 valence electrons. The molecule has 0 bridgehead atoms. The van der Waals surface area contributed by atoms with Gasteiger partial charge in [0.05, 0.1) is 18.7 Å². The first kappa shape index (κ1) is 18.9. The van der Waals surface area contributed by atoms with E-state index in [9.17, 15) is 4.79 Å². The zero-order valence-electron chi connectivity index (χ0n) is 14.8. The molecule has 0 aromatic heterocycles. The molecule has 0 aliphatic rings. The standard InChI is InChI=1S/C21H20N2O3/c1-4-12-26-19-11-8-15(5-2)13-18(19)20(21(24)25-3)23-17-9-6-16(14-22)7-10-17/h1,6-11,13,20,23H,5,12H2,2-3H3. The molecule has 0 fully saturated rings. The molecule has 2 aromatic carbocycles. The van der Waals surface area contributed by atoms with Crippen LogP contribution in [0.3, 0.4) is 0 Å². The van der Waals surface area contributed by atoms with Gasteiger partial charge in [-0.3, -0.25) is 0 Å².